The number of amides is 1. The molecule has 131 valence electrons. The molecule has 0 spiro atoms. The monoisotopic (exact) mass is 355 g/mol. The maximum Gasteiger partial charge on any atom is 0.249 e. The Labute approximate surface area is 154 Å². The van der Waals surface area contributed by atoms with Crippen molar-refractivity contribution >= 4 is 27.7 Å². The average Bonchev–Trinajstić information content (AvgIpc) is 3.43. The van der Waals surface area contributed by atoms with Gasteiger partial charge in [0.25, 0.3) is 0 Å². The Kier molecular flexibility index (Phi) is 3.40. The van der Waals surface area contributed by atoms with Crippen LogP contribution in [0, 0.1) is 6.07 Å². The summed E-state index contributed by atoms with van der Waals surface area (Å²) >= 11 is 0. The number of furan rings is 2. The van der Waals surface area contributed by atoms with E-state index in [0.717, 1.165) is 38.9 Å². The normalized spacial score (nSPS) is 11.4. The molecule has 2 N–H and O–H groups in total. The number of nitrogens with zero attached hydrogens (tertiary/aromatic N) is 1. The number of carbonyl (C=O) groups excluding carboxylic acids is 1. The lowest BCUT2D eigenvalue weighted by atomic mass is 10.0. The molecule has 0 aliphatic rings. The van der Waals surface area contributed by atoms with E-state index in [2.05, 4.69) is 10.6 Å². The van der Waals surface area contributed by atoms with Gasteiger partial charge in [0, 0.05) is 21.9 Å². The van der Waals surface area contributed by atoms with E-state index >= 15 is 0 Å². The molecule has 27 heavy (non-hydrogen) atoms. The highest BCUT2D eigenvalue weighted by atomic mass is 16.3. The molecule has 5 aromatic rings. The highest BCUT2D eigenvalue weighted by Gasteiger charge is 2.18. The van der Waals surface area contributed by atoms with Crippen LogP contribution in [0.1, 0.15) is 16.1 Å². The van der Waals surface area contributed by atoms with Crippen LogP contribution in [-0.4, -0.2) is 10.5 Å². The maximum absolute atomic E-state index is 12.0. The van der Waals surface area contributed by atoms with E-state index in [9.17, 15) is 4.79 Å². The summed E-state index contributed by atoms with van der Waals surface area (Å²) in [7, 11) is 0. The molecular weight excluding hydrogens is 340 g/mol. The number of benzene rings is 2. The number of nitrogens with two attached hydrogens (primary N) is 1. The Bertz CT molecular complexity index is 1260. The molecule has 1 amide bonds. The first-order chi connectivity index (χ1) is 13.2. The fourth-order valence-corrected chi connectivity index (χ4v) is 3.57. The van der Waals surface area contributed by atoms with Gasteiger partial charge in [-0.25, -0.2) is 0 Å². The van der Waals surface area contributed by atoms with Gasteiger partial charge in [-0.1, -0.05) is 6.07 Å². The van der Waals surface area contributed by atoms with Gasteiger partial charge in [-0.05, 0) is 54.6 Å². The molecule has 2 aromatic carbocycles. The van der Waals surface area contributed by atoms with E-state index in [1.807, 2.05) is 48.5 Å². The zero-order valence-corrected chi connectivity index (χ0v) is 14.3. The van der Waals surface area contributed by atoms with Gasteiger partial charge in [-0.3, -0.25) is 4.79 Å². The number of aromatic nitrogens is 1. The summed E-state index contributed by atoms with van der Waals surface area (Å²) in [6, 6.07) is 20.3. The molecule has 0 atom stereocenters. The molecule has 0 aliphatic carbocycles. The Morgan fingerprint density at radius 2 is 1.89 bits per heavy atom. The number of rotatable bonds is 4. The van der Waals surface area contributed by atoms with Crippen molar-refractivity contribution in [2.45, 2.75) is 6.54 Å². The quantitative estimate of drug-likeness (QED) is 0.512. The largest absolute Gasteiger partial charge is 0.467 e. The van der Waals surface area contributed by atoms with Crippen molar-refractivity contribution in [2.75, 3.05) is 0 Å². The minimum Gasteiger partial charge on any atom is -0.467 e. The predicted molar refractivity (Wildman–Crippen MR) is 102 cm³/mol. The summed E-state index contributed by atoms with van der Waals surface area (Å²) in [4.78, 5) is 12.0. The molecule has 0 fully saturated rings. The number of primary amides is 1. The first-order valence-electron chi connectivity index (χ1n) is 8.55. The minimum absolute atomic E-state index is 0.457. The summed E-state index contributed by atoms with van der Waals surface area (Å²) in [5, 5.41) is 1.65. The molecule has 1 radical (unpaired) electrons. The zero-order chi connectivity index (χ0) is 18.4. The van der Waals surface area contributed by atoms with Crippen molar-refractivity contribution in [3.63, 3.8) is 0 Å². The van der Waals surface area contributed by atoms with E-state index in [1.54, 1.807) is 18.6 Å². The molecular formula is C22H15N2O3. The molecule has 0 aliphatic heterocycles. The summed E-state index contributed by atoms with van der Waals surface area (Å²) in [6.07, 6.45) is 3.29. The number of hydrogen-bond acceptors (Lipinski definition) is 3. The van der Waals surface area contributed by atoms with Crippen LogP contribution in [0.4, 0.5) is 0 Å². The topological polar surface area (TPSA) is 74.3 Å². The van der Waals surface area contributed by atoms with Gasteiger partial charge in [-0.15, -0.1) is 0 Å². The molecule has 0 bridgehead atoms. The highest BCUT2D eigenvalue weighted by molar-refractivity contribution is 6.18. The van der Waals surface area contributed by atoms with E-state index in [4.69, 9.17) is 14.6 Å². The zero-order valence-electron chi connectivity index (χ0n) is 14.3. The third kappa shape index (κ3) is 2.44. The van der Waals surface area contributed by atoms with E-state index in [1.165, 1.54) is 0 Å². The van der Waals surface area contributed by atoms with Crippen LogP contribution in [0.2, 0.25) is 0 Å². The van der Waals surface area contributed by atoms with Crippen LogP contribution in [0.5, 0.6) is 0 Å². The fraction of sp³-hybridized carbons (Fsp3) is 0.0455. The van der Waals surface area contributed by atoms with Crippen molar-refractivity contribution < 1.29 is 13.6 Å². The lowest BCUT2D eigenvalue weighted by Crippen LogP contribution is -2.11. The Balaban J connectivity index is 1.85. The Morgan fingerprint density at radius 3 is 2.63 bits per heavy atom. The van der Waals surface area contributed by atoms with Gasteiger partial charge in [0.2, 0.25) is 5.91 Å². The summed E-state index contributed by atoms with van der Waals surface area (Å²) in [5.74, 6) is 1.13. The van der Waals surface area contributed by atoms with Gasteiger partial charge >= 0.3 is 0 Å². The van der Waals surface area contributed by atoms with Gasteiger partial charge in [0.1, 0.15) is 11.5 Å². The Hall–Kier alpha value is -3.73. The molecule has 5 heteroatoms. The van der Waals surface area contributed by atoms with Crippen LogP contribution in [0.15, 0.2) is 76.0 Å². The van der Waals surface area contributed by atoms with Gasteiger partial charge in [0.15, 0.2) is 0 Å². The molecule has 0 saturated heterocycles. The lowest BCUT2D eigenvalue weighted by molar-refractivity contribution is 0.100. The summed E-state index contributed by atoms with van der Waals surface area (Å²) < 4.78 is 13.2. The number of fused-ring (bicyclic) bond motifs is 3. The first kappa shape index (κ1) is 15.5. The van der Waals surface area contributed by atoms with Gasteiger partial charge < -0.3 is 19.1 Å². The SMILES string of the molecule is NC(=O)c1cccc2c1c1[c]cc(-c3ccco3)cc1n2Cc1ccco1. The van der Waals surface area contributed by atoms with Crippen LogP contribution < -0.4 is 5.73 Å². The van der Waals surface area contributed by atoms with Gasteiger partial charge in [0.05, 0.1) is 30.1 Å². The van der Waals surface area contributed by atoms with Crippen molar-refractivity contribution in [1.29, 1.82) is 0 Å². The van der Waals surface area contributed by atoms with Crippen molar-refractivity contribution in [2.24, 2.45) is 5.73 Å². The van der Waals surface area contributed by atoms with Gasteiger partial charge in [-0.2, -0.15) is 0 Å². The Morgan fingerprint density at radius 1 is 1.04 bits per heavy atom. The van der Waals surface area contributed by atoms with Crippen molar-refractivity contribution in [3.8, 4) is 11.3 Å². The smallest absolute Gasteiger partial charge is 0.249 e. The number of hydrogen-bond donors (Lipinski definition) is 1. The lowest BCUT2D eigenvalue weighted by Gasteiger charge is -2.06. The van der Waals surface area contributed by atoms with Crippen LogP contribution in [-0.2, 0) is 6.54 Å². The fourth-order valence-electron chi connectivity index (χ4n) is 3.57. The second-order valence-corrected chi connectivity index (χ2v) is 6.36. The van der Waals surface area contributed by atoms with Crippen LogP contribution >= 0.6 is 0 Å². The van der Waals surface area contributed by atoms with E-state index in [-0.39, 0.29) is 0 Å². The molecule has 5 rings (SSSR count). The van der Waals surface area contributed by atoms with E-state index < -0.39 is 5.91 Å². The molecule has 0 unspecified atom stereocenters. The summed E-state index contributed by atoms with van der Waals surface area (Å²) in [5.41, 5.74) is 8.87. The molecule has 3 aromatic heterocycles. The van der Waals surface area contributed by atoms with Crippen molar-refractivity contribution in [3.05, 3.63) is 84.5 Å². The summed E-state index contributed by atoms with van der Waals surface area (Å²) in [6.45, 7) is 0.532. The molecule has 5 nitrogen and oxygen atoms in total. The van der Waals surface area contributed by atoms with Crippen molar-refractivity contribution in [1.82, 2.24) is 4.57 Å². The van der Waals surface area contributed by atoms with Crippen LogP contribution in [0.3, 0.4) is 0 Å². The van der Waals surface area contributed by atoms with E-state index in [0.29, 0.717) is 12.1 Å². The molecule has 0 saturated carbocycles. The molecule has 3 heterocycles. The predicted octanol–water partition coefficient (Wildman–Crippen LogP) is 4.59. The standard InChI is InChI=1S/C22H15N2O3/c23-22(25)17-5-1-6-18-21(17)16-9-8-14(20-7-3-11-27-20)12-19(16)24(18)13-15-4-2-10-26-15/h1-8,10-12H,13H2,(H2,23,25). The highest BCUT2D eigenvalue weighted by Crippen LogP contribution is 2.34. The third-order valence-corrected chi connectivity index (χ3v) is 4.76. The third-order valence-electron chi connectivity index (χ3n) is 4.76. The number of carbonyl (C=O) groups is 1. The average molecular weight is 355 g/mol. The minimum atomic E-state index is -0.457. The second-order valence-electron chi connectivity index (χ2n) is 6.36. The maximum atomic E-state index is 12.0. The second kappa shape index (κ2) is 5.92. The first-order valence-corrected chi connectivity index (χ1v) is 8.55. The van der Waals surface area contributed by atoms with Crippen LogP contribution in [0.25, 0.3) is 33.1 Å².